The summed E-state index contributed by atoms with van der Waals surface area (Å²) in [5.41, 5.74) is 1.16. The number of phenolic OH excluding ortho intramolecular Hbond substituents is 1. The monoisotopic (exact) mass is 797 g/mol. The van der Waals surface area contributed by atoms with Gasteiger partial charge in [-0.1, -0.05) is 22.2 Å². The van der Waals surface area contributed by atoms with E-state index in [4.69, 9.17) is 37.9 Å². The first-order chi connectivity index (χ1) is 24.6. The smallest absolute Gasteiger partial charge is 0.255 e. The van der Waals surface area contributed by atoms with Gasteiger partial charge in [-0.05, 0) is 89.3 Å². The summed E-state index contributed by atoms with van der Waals surface area (Å²) in [5, 5.41) is 49.7. The van der Waals surface area contributed by atoms with Crippen LogP contribution in [0.15, 0.2) is 92.8 Å². The summed E-state index contributed by atoms with van der Waals surface area (Å²) in [6.45, 7) is -0.268. The number of phenols is 1. The number of anilines is 3. The summed E-state index contributed by atoms with van der Waals surface area (Å²) in [7, 11) is -3.78. The van der Waals surface area contributed by atoms with Gasteiger partial charge in [0.2, 0.25) is 16.5 Å². The van der Waals surface area contributed by atoms with E-state index in [1.165, 1.54) is 48.5 Å². The third-order valence-electron chi connectivity index (χ3n) is 6.43. The number of nitrogens with zero attached hydrogens (tertiary/aromatic N) is 5. The molecule has 1 heterocycles. The largest absolute Gasteiger partial charge is 0.505 e. The SMILES string of the molecule is O=C(Nc1cccc(S(=O)(=O)CCOSOOO)c1)c1ccc(N=Nc2c(SOOO)cc3ccc(Nc4nc(Cl)nc(Cl)n4)cc3c2O)cc1. The number of halogens is 2. The molecule has 5 rings (SSSR count). The van der Waals surface area contributed by atoms with E-state index >= 15 is 0 Å². The molecule has 0 saturated heterocycles. The zero-order valence-corrected chi connectivity index (χ0v) is 29.1. The van der Waals surface area contributed by atoms with E-state index < -0.39 is 21.5 Å². The van der Waals surface area contributed by atoms with Crippen molar-refractivity contribution >= 4 is 103 Å². The van der Waals surface area contributed by atoms with Gasteiger partial charge in [0.05, 0.1) is 39.9 Å². The Morgan fingerprint density at radius 2 is 1.63 bits per heavy atom. The van der Waals surface area contributed by atoms with Gasteiger partial charge in [-0.3, -0.25) is 8.98 Å². The van der Waals surface area contributed by atoms with E-state index in [2.05, 4.69) is 54.6 Å². The summed E-state index contributed by atoms with van der Waals surface area (Å²) in [6.07, 6.45) is 0. The van der Waals surface area contributed by atoms with Crippen molar-refractivity contribution in [1.82, 2.24) is 15.0 Å². The lowest BCUT2D eigenvalue weighted by atomic mass is 10.1. The number of hydrogen-bond acceptors (Lipinski definition) is 19. The van der Waals surface area contributed by atoms with Crippen LogP contribution in [0.25, 0.3) is 10.8 Å². The van der Waals surface area contributed by atoms with Gasteiger partial charge in [0.25, 0.3) is 5.91 Å². The van der Waals surface area contributed by atoms with Crippen molar-refractivity contribution in [3.63, 3.8) is 0 Å². The molecule has 1 aromatic heterocycles. The molecular formula is C28H21Cl2N7O11S3. The van der Waals surface area contributed by atoms with E-state index in [-0.39, 0.29) is 67.9 Å². The van der Waals surface area contributed by atoms with Gasteiger partial charge >= 0.3 is 0 Å². The molecule has 5 aromatic rings. The number of azo groups is 1. The summed E-state index contributed by atoms with van der Waals surface area (Å²) in [5.74, 6) is -1.18. The van der Waals surface area contributed by atoms with Crippen molar-refractivity contribution in [2.24, 2.45) is 10.2 Å². The Labute approximate surface area is 306 Å². The van der Waals surface area contributed by atoms with Gasteiger partial charge in [0.1, 0.15) is 5.69 Å². The van der Waals surface area contributed by atoms with E-state index in [1.807, 2.05) is 0 Å². The van der Waals surface area contributed by atoms with Gasteiger partial charge in [0.15, 0.2) is 27.9 Å². The van der Waals surface area contributed by atoms with E-state index in [0.717, 1.165) is 0 Å². The second-order valence-electron chi connectivity index (χ2n) is 9.64. The maximum atomic E-state index is 12.9. The topological polar surface area (TPSA) is 245 Å². The number of amides is 1. The van der Waals surface area contributed by atoms with Crippen molar-refractivity contribution in [2.45, 2.75) is 9.79 Å². The van der Waals surface area contributed by atoms with Crippen LogP contribution >= 0.6 is 47.6 Å². The molecule has 51 heavy (non-hydrogen) atoms. The van der Waals surface area contributed by atoms with E-state index in [0.29, 0.717) is 34.2 Å². The number of sulfone groups is 1. The first-order valence-electron chi connectivity index (χ1n) is 13.8. The van der Waals surface area contributed by atoms with Gasteiger partial charge in [-0.25, -0.2) is 18.9 Å². The molecule has 0 unspecified atom stereocenters. The molecule has 0 radical (unpaired) electrons. The molecule has 4 aromatic carbocycles. The average Bonchev–Trinajstić information content (AvgIpc) is 3.10. The van der Waals surface area contributed by atoms with E-state index in [1.54, 1.807) is 24.3 Å². The van der Waals surface area contributed by atoms with Gasteiger partial charge in [0, 0.05) is 22.3 Å². The molecule has 23 heteroatoms. The first-order valence-corrected chi connectivity index (χ1v) is 17.6. The van der Waals surface area contributed by atoms with Crippen molar-refractivity contribution < 1.29 is 51.8 Å². The number of aromatic nitrogens is 3. The minimum Gasteiger partial charge on any atom is -0.505 e. The molecule has 0 aliphatic heterocycles. The highest BCUT2D eigenvalue weighted by atomic mass is 35.5. The molecule has 5 N–H and O–H groups in total. The lowest BCUT2D eigenvalue weighted by Gasteiger charge is -2.11. The maximum Gasteiger partial charge on any atom is 0.255 e. The van der Waals surface area contributed by atoms with Crippen LogP contribution in [0, 0.1) is 0 Å². The number of nitrogens with one attached hydrogen (secondary N) is 2. The van der Waals surface area contributed by atoms with Crippen molar-refractivity contribution in [3.8, 4) is 5.75 Å². The Balaban J connectivity index is 1.31. The lowest BCUT2D eigenvalue weighted by Crippen LogP contribution is -2.14. The zero-order chi connectivity index (χ0) is 36.4. The highest BCUT2D eigenvalue weighted by Crippen LogP contribution is 2.44. The molecular weight excluding hydrogens is 777 g/mol. The standard InChI is InChI=1S/C28H21Cl2N7O11S3/c29-26-33-27(30)35-28(34-26)32-19-9-6-16-12-22(49-47-45-40)23(24(38)21(16)14-19)37-36-17-7-4-15(5-8-17)25(39)31-18-2-1-3-20(13-18)51(42,43)11-10-44-50-48-46-41/h1-9,12-14,38,40-41H,10-11H2,(H,31,39)(H,32,33,34,35). The lowest BCUT2D eigenvalue weighted by molar-refractivity contribution is -0.434. The molecule has 0 fully saturated rings. The third-order valence-corrected chi connectivity index (χ3v) is 9.44. The number of benzene rings is 4. The maximum absolute atomic E-state index is 12.9. The fourth-order valence-corrected chi connectivity index (χ4v) is 6.54. The predicted octanol–water partition coefficient (Wildman–Crippen LogP) is 7.65. The normalized spacial score (nSPS) is 11.7. The molecule has 0 spiro atoms. The van der Waals surface area contributed by atoms with Crippen LogP contribution in [0.4, 0.5) is 28.7 Å². The summed E-state index contributed by atoms with van der Waals surface area (Å²) in [6, 6.07) is 18.1. The van der Waals surface area contributed by atoms with Crippen molar-refractivity contribution in [1.29, 1.82) is 0 Å². The number of hydrogen-bond donors (Lipinski definition) is 5. The molecule has 1 amide bonds. The van der Waals surface area contributed by atoms with Crippen LogP contribution < -0.4 is 10.6 Å². The van der Waals surface area contributed by atoms with Crippen LogP contribution in [0.2, 0.25) is 10.6 Å². The Bertz CT molecular complexity index is 2150. The van der Waals surface area contributed by atoms with Crippen LogP contribution in [-0.2, 0) is 32.8 Å². The Hall–Kier alpha value is -4.23. The quantitative estimate of drug-likeness (QED) is 0.0211. The Morgan fingerprint density at radius 1 is 0.882 bits per heavy atom. The number of rotatable bonds is 16. The molecule has 18 nitrogen and oxygen atoms in total. The molecule has 0 aliphatic carbocycles. The van der Waals surface area contributed by atoms with Gasteiger partial charge < -0.3 is 15.7 Å². The molecule has 0 atom stereocenters. The molecule has 0 saturated carbocycles. The summed E-state index contributed by atoms with van der Waals surface area (Å²) < 4.78 is 38.7. The van der Waals surface area contributed by atoms with Crippen molar-refractivity contribution in [2.75, 3.05) is 23.0 Å². The summed E-state index contributed by atoms with van der Waals surface area (Å²) >= 11 is 12.5. The molecule has 0 aliphatic rings. The van der Waals surface area contributed by atoms with Crippen molar-refractivity contribution in [3.05, 3.63) is 88.9 Å². The highest BCUT2D eigenvalue weighted by molar-refractivity contribution is 7.94. The number of carbonyl (C=O) groups is 1. The van der Waals surface area contributed by atoms with E-state index in [9.17, 15) is 18.3 Å². The third kappa shape index (κ3) is 10.4. The minimum atomic E-state index is -3.78. The Kier molecular flexibility index (Phi) is 13.3. The summed E-state index contributed by atoms with van der Waals surface area (Å²) in [4.78, 5) is 24.7. The fourth-order valence-electron chi connectivity index (χ4n) is 4.23. The minimum absolute atomic E-state index is 0.0394. The fraction of sp³-hybridized carbons (Fsp3) is 0.0714. The van der Waals surface area contributed by atoms with Crippen LogP contribution in [0.3, 0.4) is 0 Å². The molecule has 0 bridgehead atoms. The second kappa shape index (κ2) is 17.8. The zero-order valence-electron chi connectivity index (χ0n) is 25.2. The van der Waals surface area contributed by atoms with Crippen LogP contribution in [0.5, 0.6) is 5.75 Å². The van der Waals surface area contributed by atoms with Gasteiger partial charge in [-0.2, -0.15) is 20.1 Å². The highest BCUT2D eigenvalue weighted by Gasteiger charge is 2.18. The van der Waals surface area contributed by atoms with Crippen LogP contribution in [0.1, 0.15) is 10.4 Å². The molecule has 266 valence electrons. The number of aromatic hydroxyl groups is 1. The number of fused-ring (bicyclic) bond motifs is 1. The average molecular weight is 799 g/mol. The van der Waals surface area contributed by atoms with Gasteiger partial charge in [-0.15, -0.1) is 13.8 Å². The number of carbonyl (C=O) groups excluding carboxylic acids is 1. The predicted molar refractivity (Wildman–Crippen MR) is 185 cm³/mol. The Morgan fingerprint density at radius 3 is 2.35 bits per heavy atom. The first kappa shape index (κ1) is 38.0. The van der Waals surface area contributed by atoms with Crippen LogP contribution in [-0.4, -0.2) is 57.3 Å². The second-order valence-corrected chi connectivity index (χ2v) is 13.7.